The lowest BCUT2D eigenvalue weighted by molar-refractivity contribution is 0.314. The molecule has 1 aromatic heterocycles. The lowest BCUT2D eigenvalue weighted by Crippen LogP contribution is -1.92. The summed E-state index contributed by atoms with van der Waals surface area (Å²) in [6.45, 7) is 1.64. The molecule has 80 valence electrons. The Morgan fingerprint density at radius 2 is 1.87 bits per heavy atom. The normalized spacial score (nSPS) is 9.47. The highest BCUT2D eigenvalue weighted by atomic mass is 127. The molecule has 0 amide bonds. The second-order valence-electron chi connectivity index (χ2n) is 2.89. The van der Waals surface area contributed by atoms with Crippen LogP contribution in [0.25, 0.3) is 0 Å². The summed E-state index contributed by atoms with van der Waals surface area (Å²) < 4.78 is 5.18. The fourth-order valence-electron chi connectivity index (χ4n) is 0.965. The molecule has 2 N–H and O–H groups in total. The van der Waals surface area contributed by atoms with Crippen LogP contribution in [-0.4, -0.2) is 10.2 Å². The topological polar surface area (TPSA) is 70.7 Å². The van der Waals surface area contributed by atoms with Gasteiger partial charge in [-0.1, -0.05) is 0 Å². The van der Waals surface area contributed by atoms with E-state index in [0.717, 1.165) is 6.07 Å². The summed E-state index contributed by atoms with van der Waals surface area (Å²) in [7, 11) is 0. The molecule has 0 atom stereocenters. The molecular weight excluding hydrogens is 311 g/mol. The molecule has 0 bridgehead atoms. The zero-order valence-corrected chi connectivity index (χ0v) is 10.1. The first-order valence-electron chi connectivity index (χ1n) is 4.06. The molecule has 0 aliphatic rings. The molecule has 0 aliphatic heterocycles. The maximum absolute atomic E-state index is 11.2. The second-order valence-corrected chi connectivity index (χ2v) is 3.96. The third-order valence-corrected chi connectivity index (χ3v) is 2.01. The molecule has 4 nitrogen and oxygen atoms in total. The highest BCUT2D eigenvalue weighted by Crippen LogP contribution is 2.14. The minimum Gasteiger partial charge on any atom is -0.508 e. The molecular formula is C10H9IO4. The predicted molar refractivity (Wildman–Crippen MR) is 63.4 cm³/mol. The van der Waals surface area contributed by atoms with Crippen molar-refractivity contribution in [3.8, 4) is 11.7 Å². The molecule has 0 fully saturated rings. The molecule has 0 aliphatic carbocycles. The van der Waals surface area contributed by atoms with Crippen LogP contribution in [0.2, 0.25) is 0 Å². The summed E-state index contributed by atoms with van der Waals surface area (Å²) >= 11 is 1.78. The van der Waals surface area contributed by atoms with Gasteiger partial charge in [0, 0.05) is 18.2 Å². The number of aromatic hydroxyl groups is 2. The van der Waals surface area contributed by atoms with Crippen molar-refractivity contribution in [3.05, 3.63) is 43.8 Å². The van der Waals surface area contributed by atoms with Gasteiger partial charge in [-0.3, -0.25) is 4.79 Å². The molecule has 1 rings (SSSR count). The average molecular weight is 320 g/mol. The van der Waals surface area contributed by atoms with Crippen molar-refractivity contribution in [3.63, 3.8) is 0 Å². The largest absolute Gasteiger partial charge is 0.508 e. The van der Waals surface area contributed by atoms with Gasteiger partial charge in [0.2, 0.25) is 0 Å². The van der Waals surface area contributed by atoms with E-state index in [-0.39, 0.29) is 20.9 Å². The van der Waals surface area contributed by atoms with E-state index < -0.39 is 0 Å². The first-order valence-corrected chi connectivity index (χ1v) is 5.14. The number of halogens is 1. The van der Waals surface area contributed by atoms with Crippen molar-refractivity contribution in [1.82, 2.24) is 0 Å². The number of rotatable bonds is 0. The van der Waals surface area contributed by atoms with E-state index in [2.05, 4.69) is 0 Å². The summed E-state index contributed by atoms with van der Waals surface area (Å²) in [6.07, 6.45) is 0. The van der Waals surface area contributed by atoms with E-state index in [1.54, 1.807) is 29.5 Å². The molecule has 15 heavy (non-hydrogen) atoms. The van der Waals surface area contributed by atoms with Crippen LogP contribution >= 0.6 is 22.6 Å². The Morgan fingerprint density at radius 3 is 2.53 bits per heavy atom. The van der Waals surface area contributed by atoms with Crippen molar-refractivity contribution >= 4 is 22.6 Å². The van der Waals surface area contributed by atoms with Crippen LogP contribution in [0, 0.1) is 10.7 Å². The van der Waals surface area contributed by atoms with Gasteiger partial charge < -0.3 is 14.6 Å². The maximum Gasteiger partial charge on any atom is 0.282 e. The van der Waals surface area contributed by atoms with Crippen molar-refractivity contribution in [2.45, 2.75) is 6.92 Å². The highest BCUT2D eigenvalue weighted by Gasteiger charge is 1.93. The Bertz CT molecular complexity index is 438. The molecule has 5 heteroatoms. The molecule has 0 saturated carbocycles. The molecule has 0 aromatic carbocycles. The number of hydrogen-bond donors (Lipinski definition) is 2. The maximum atomic E-state index is 11.2. The van der Waals surface area contributed by atoms with Crippen molar-refractivity contribution < 1.29 is 14.6 Å². The Labute approximate surface area is 99.7 Å². The molecule has 0 radical (unpaired) electrons. The van der Waals surface area contributed by atoms with E-state index in [4.69, 9.17) is 4.42 Å². The Morgan fingerprint density at radius 1 is 1.20 bits per heavy atom. The summed E-state index contributed by atoms with van der Waals surface area (Å²) in [5.41, 5.74) is 0.184. The Balaban J connectivity index is 3.63. The monoisotopic (exact) mass is 320 g/mol. The Hall–Kier alpha value is -1.24. The molecule has 0 unspecified atom stereocenters. The average Bonchev–Trinajstić information content (AvgIpc) is 1.98. The number of aryl methyl sites for hydroxylation is 1. The van der Waals surface area contributed by atoms with Crippen molar-refractivity contribution in [2.75, 3.05) is 0 Å². The van der Waals surface area contributed by atoms with Crippen LogP contribution < -0.4 is 5.43 Å². The van der Waals surface area contributed by atoms with Crippen LogP contribution in [0.15, 0.2) is 33.5 Å². The van der Waals surface area contributed by atoms with Gasteiger partial charge in [0.15, 0.2) is 9.20 Å². The fourth-order valence-corrected chi connectivity index (χ4v) is 1.51. The Kier molecular flexibility index (Phi) is 3.96. The van der Waals surface area contributed by atoms with Crippen molar-refractivity contribution in [2.24, 2.45) is 0 Å². The van der Waals surface area contributed by atoms with Crippen LogP contribution in [0.4, 0.5) is 0 Å². The molecule has 1 aromatic rings. The SMILES string of the molecule is Cc1cc(O)oc(I)cc(O)cc(=O)c1. The van der Waals surface area contributed by atoms with Crippen molar-refractivity contribution in [1.29, 1.82) is 0 Å². The van der Waals surface area contributed by atoms with Gasteiger partial charge in [-0.25, -0.2) is 0 Å². The standard InChI is InChI=1S/C10H9IO4/c1-6-2-7(12)4-8(13)5-9(11)15-10(14)3-6/h2-5,13-14H,1H3. The lowest BCUT2D eigenvalue weighted by Gasteiger charge is -1.91. The zero-order chi connectivity index (χ0) is 11.4. The second kappa shape index (κ2) is 5.01. The van der Waals surface area contributed by atoms with Gasteiger partial charge in [0.05, 0.1) is 0 Å². The minimum absolute atomic E-state index is 0.219. The van der Waals surface area contributed by atoms with E-state index >= 15 is 0 Å². The van der Waals surface area contributed by atoms with Gasteiger partial charge >= 0.3 is 0 Å². The van der Waals surface area contributed by atoms with Crippen LogP contribution in [-0.2, 0) is 0 Å². The smallest absolute Gasteiger partial charge is 0.282 e. The molecule has 1 heterocycles. The van der Waals surface area contributed by atoms with E-state index in [9.17, 15) is 15.0 Å². The number of hydrogen-bond acceptors (Lipinski definition) is 4. The third-order valence-electron chi connectivity index (χ3n) is 1.47. The van der Waals surface area contributed by atoms with E-state index in [0.29, 0.717) is 5.56 Å². The van der Waals surface area contributed by atoms with Gasteiger partial charge in [0.25, 0.3) is 5.95 Å². The van der Waals surface area contributed by atoms with Gasteiger partial charge in [-0.05, 0) is 41.1 Å². The van der Waals surface area contributed by atoms with Crippen LogP contribution in [0.3, 0.4) is 0 Å². The fraction of sp³-hybridized carbons (Fsp3) is 0.100. The van der Waals surface area contributed by atoms with Gasteiger partial charge in [0.1, 0.15) is 5.75 Å². The third kappa shape index (κ3) is 4.20. The van der Waals surface area contributed by atoms with E-state index in [1.165, 1.54) is 18.2 Å². The van der Waals surface area contributed by atoms with Gasteiger partial charge in [-0.2, -0.15) is 0 Å². The predicted octanol–water partition coefficient (Wildman–Crippen LogP) is 2.09. The van der Waals surface area contributed by atoms with Crippen LogP contribution in [0.1, 0.15) is 5.56 Å². The minimum atomic E-state index is -0.351. The summed E-state index contributed by atoms with van der Waals surface area (Å²) in [5.74, 6) is -0.546. The highest BCUT2D eigenvalue weighted by molar-refractivity contribution is 14.1. The zero-order valence-electron chi connectivity index (χ0n) is 7.90. The summed E-state index contributed by atoms with van der Waals surface area (Å²) in [5, 5.41) is 18.6. The lowest BCUT2D eigenvalue weighted by atomic mass is 10.3. The quantitative estimate of drug-likeness (QED) is 0.718. The first-order chi connectivity index (χ1) is 6.97. The van der Waals surface area contributed by atoms with Gasteiger partial charge in [-0.15, -0.1) is 0 Å². The molecule has 0 saturated heterocycles. The summed E-state index contributed by atoms with van der Waals surface area (Å²) in [6, 6.07) is 4.90. The van der Waals surface area contributed by atoms with E-state index in [1.807, 2.05) is 0 Å². The summed E-state index contributed by atoms with van der Waals surface area (Å²) in [4.78, 5) is 11.2. The van der Waals surface area contributed by atoms with Crippen LogP contribution in [0.5, 0.6) is 11.7 Å². The first kappa shape index (κ1) is 11.8. The molecule has 0 spiro atoms.